The highest BCUT2D eigenvalue weighted by molar-refractivity contribution is 6.03. The van der Waals surface area contributed by atoms with Crippen LogP contribution in [0.3, 0.4) is 0 Å². The van der Waals surface area contributed by atoms with E-state index in [0.717, 1.165) is 11.3 Å². The van der Waals surface area contributed by atoms with Gasteiger partial charge < -0.3 is 20.4 Å². The Balaban J connectivity index is 1.63. The summed E-state index contributed by atoms with van der Waals surface area (Å²) in [5.41, 5.74) is 2.44. The molecule has 9 heteroatoms. The van der Waals surface area contributed by atoms with E-state index in [4.69, 9.17) is 4.42 Å². The van der Waals surface area contributed by atoms with Gasteiger partial charge in [-0.2, -0.15) is 5.10 Å². The van der Waals surface area contributed by atoms with Gasteiger partial charge in [-0.05, 0) is 49.4 Å². The van der Waals surface area contributed by atoms with Crippen LogP contribution < -0.4 is 16.0 Å². The summed E-state index contributed by atoms with van der Waals surface area (Å²) in [6.45, 7) is 1.68. The molecule has 144 valence electrons. The first-order chi connectivity index (χ1) is 13.5. The number of carbonyl (C=O) groups excluding carboxylic acids is 3. The maximum absolute atomic E-state index is 12.1. The second-order valence-electron chi connectivity index (χ2n) is 5.99. The number of nitrogens with zero attached hydrogens (tertiary/aromatic N) is 1. The van der Waals surface area contributed by atoms with Crippen LogP contribution in [0.2, 0.25) is 0 Å². The average Bonchev–Trinajstić information content (AvgIpc) is 3.36. The zero-order chi connectivity index (χ0) is 20.1. The molecule has 9 nitrogen and oxygen atoms in total. The number of anilines is 1. The lowest BCUT2D eigenvalue weighted by Gasteiger charge is -2.04. The molecule has 3 rings (SSSR count). The van der Waals surface area contributed by atoms with Gasteiger partial charge in [0.15, 0.2) is 11.5 Å². The molecule has 0 saturated carbocycles. The van der Waals surface area contributed by atoms with Crippen LogP contribution in [0.15, 0.2) is 46.9 Å². The van der Waals surface area contributed by atoms with E-state index in [1.54, 1.807) is 36.4 Å². The van der Waals surface area contributed by atoms with Crippen molar-refractivity contribution in [2.45, 2.75) is 6.92 Å². The van der Waals surface area contributed by atoms with Gasteiger partial charge >= 0.3 is 0 Å². The summed E-state index contributed by atoms with van der Waals surface area (Å²) < 4.78 is 5.55. The molecule has 1 aromatic carbocycles. The normalized spacial score (nSPS) is 10.4. The Morgan fingerprint density at radius 3 is 2.46 bits per heavy atom. The molecule has 2 aromatic heterocycles. The highest BCUT2D eigenvalue weighted by Gasteiger charge is 2.14. The number of hydrogen-bond donors (Lipinski definition) is 4. The van der Waals surface area contributed by atoms with Gasteiger partial charge in [-0.15, -0.1) is 0 Å². The number of furan rings is 1. The zero-order valence-corrected chi connectivity index (χ0v) is 15.3. The third-order valence-electron chi connectivity index (χ3n) is 3.88. The highest BCUT2D eigenvalue weighted by atomic mass is 16.3. The van der Waals surface area contributed by atoms with Gasteiger partial charge in [0.05, 0.1) is 6.54 Å². The lowest BCUT2D eigenvalue weighted by molar-refractivity contribution is -0.119. The Labute approximate surface area is 160 Å². The summed E-state index contributed by atoms with van der Waals surface area (Å²) in [6.07, 6.45) is 0. The second kappa shape index (κ2) is 8.21. The van der Waals surface area contributed by atoms with Crippen LogP contribution in [0.25, 0.3) is 11.3 Å². The number of nitrogens with one attached hydrogen (secondary N) is 4. The molecule has 0 atom stereocenters. The zero-order valence-electron chi connectivity index (χ0n) is 15.3. The Morgan fingerprint density at radius 2 is 1.82 bits per heavy atom. The molecular weight excluding hydrogens is 362 g/mol. The third-order valence-corrected chi connectivity index (χ3v) is 3.88. The Kier molecular flexibility index (Phi) is 5.54. The lowest BCUT2D eigenvalue weighted by atomic mass is 10.1. The minimum atomic E-state index is -0.479. The third kappa shape index (κ3) is 4.44. The van der Waals surface area contributed by atoms with Crippen molar-refractivity contribution >= 4 is 23.4 Å². The van der Waals surface area contributed by atoms with Crippen molar-refractivity contribution in [2.75, 3.05) is 18.9 Å². The number of rotatable bonds is 6. The first kappa shape index (κ1) is 18.9. The molecule has 0 aliphatic rings. The molecule has 0 unspecified atom stereocenters. The predicted molar refractivity (Wildman–Crippen MR) is 102 cm³/mol. The standard InChI is InChI=1S/C19H19N5O4/c1-11-9-14(24-23-11)18(26)22-13-5-3-12(4-6-13)15-7-8-16(28-15)19(27)21-10-17(25)20-2/h3-9H,10H2,1-2H3,(H,20,25)(H,21,27)(H,22,26)(H,23,24). The summed E-state index contributed by atoms with van der Waals surface area (Å²) in [5, 5.41) is 14.3. The molecular formula is C19H19N5O4. The molecule has 0 saturated heterocycles. The number of aryl methyl sites for hydroxylation is 1. The fourth-order valence-corrected chi connectivity index (χ4v) is 2.40. The smallest absolute Gasteiger partial charge is 0.287 e. The van der Waals surface area contributed by atoms with Gasteiger partial charge in [0.25, 0.3) is 11.8 Å². The van der Waals surface area contributed by atoms with E-state index in [1.165, 1.54) is 13.1 Å². The average molecular weight is 381 g/mol. The van der Waals surface area contributed by atoms with E-state index in [9.17, 15) is 14.4 Å². The summed E-state index contributed by atoms with van der Waals surface area (Å²) in [5.74, 6) is -0.503. The van der Waals surface area contributed by atoms with E-state index in [2.05, 4.69) is 26.1 Å². The fourth-order valence-electron chi connectivity index (χ4n) is 2.40. The number of aromatic nitrogens is 2. The molecule has 0 fully saturated rings. The molecule has 3 amide bonds. The molecule has 3 aromatic rings. The number of amides is 3. The van der Waals surface area contributed by atoms with Crippen LogP contribution in [-0.4, -0.2) is 41.5 Å². The molecule has 0 radical (unpaired) electrons. The number of carbonyl (C=O) groups is 3. The van der Waals surface area contributed by atoms with Gasteiger partial charge in [-0.3, -0.25) is 19.5 Å². The number of likely N-dealkylation sites (N-methyl/N-ethyl adjacent to an activating group) is 1. The molecule has 2 heterocycles. The van der Waals surface area contributed by atoms with Gasteiger partial charge in [0.1, 0.15) is 5.76 Å². The van der Waals surface area contributed by atoms with Gasteiger partial charge in [-0.1, -0.05) is 0 Å². The second-order valence-corrected chi connectivity index (χ2v) is 5.99. The maximum atomic E-state index is 12.1. The van der Waals surface area contributed by atoms with Crippen LogP contribution in [-0.2, 0) is 4.79 Å². The predicted octanol–water partition coefficient (Wildman–Crippen LogP) is 1.71. The van der Waals surface area contributed by atoms with E-state index in [0.29, 0.717) is 17.1 Å². The monoisotopic (exact) mass is 381 g/mol. The van der Waals surface area contributed by atoms with Crippen LogP contribution in [0, 0.1) is 6.92 Å². The summed E-state index contributed by atoms with van der Waals surface area (Å²) >= 11 is 0. The first-order valence-electron chi connectivity index (χ1n) is 8.48. The van der Waals surface area contributed by atoms with Crippen molar-refractivity contribution in [1.82, 2.24) is 20.8 Å². The maximum Gasteiger partial charge on any atom is 0.287 e. The summed E-state index contributed by atoms with van der Waals surface area (Å²) in [4.78, 5) is 35.3. The summed E-state index contributed by atoms with van der Waals surface area (Å²) in [7, 11) is 1.49. The minimum absolute atomic E-state index is 0.102. The molecule has 0 bridgehead atoms. The van der Waals surface area contributed by atoms with Crippen molar-refractivity contribution in [2.24, 2.45) is 0 Å². The first-order valence-corrected chi connectivity index (χ1v) is 8.48. The Bertz CT molecular complexity index is 1000. The van der Waals surface area contributed by atoms with Crippen LogP contribution >= 0.6 is 0 Å². The summed E-state index contributed by atoms with van der Waals surface area (Å²) in [6, 6.07) is 11.8. The van der Waals surface area contributed by atoms with Crippen molar-refractivity contribution in [3.63, 3.8) is 0 Å². The molecule has 0 aliphatic heterocycles. The van der Waals surface area contributed by atoms with Crippen molar-refractivity contribution in [3.8, 4) is 11.3 Å². The van der Waals surface area contributed by atoms with E-state index in [-0.39, 0.29) is 24.1 Å². The molecule has 28 heavy (non-hydrogen) atoms. The number of aromatic amines is 1. The van der Waals surface area contributed by atoms with Crippen molar-refractivity contribution < 1.29 is 18.8 Å². The molecule has 4 N–H and O–H groups in total. The van der Waals surface area contributed by atoms with Crippen LogP contribution in [0.4, 0.5) is 5.69 Å². The van der Waals surface area contributed by atoms with Gasteiger partial charge in [0.2, 0.25) is 5.91 Å². The topological polar surface area (TPSA) is 129 Å². The molecule has 0 aliphatic carbocycles. The Hall–Kier alpha value is -3.88. The molecule has 0 spiro atoms. The lowest BCUT2D eigenvalue weighted by Crippen LogP contribution is -2.34. The van der Waals surface area contributed by atoms with Crippen molar-refractivity contribution in [1.29, 1.82) is 0 Å². The number of hydrogen-bond acceptors (Lipinski definition) is 5. The minimum Gasteiger partial charge on any atom is -0.451 e. The van der Waals surface area contributed by atoms with E-state index in [1.807, 2.05) is 6.92 Å². The Morgan fingerprint density at radius 1 is 1.07 bits per heavy atom. The largest absolute Gasteiger partial charge is 0.451 e. The SMILES string of the molecule is CNC(=O)CNC(=O)c1ccc(-c2ccc(NC(=O)c3cc(C)[nH]n3)cc2)o1. The van der Waals surface area contributed by atoms with Crippen LogP contribution in [0.5, 0.6) is 0 Å². The highest BCUT2D eigenvalue weighted by Crippen LogP contribution is 2.24. The van der Waals surface area contributed by atoms with Crippen molar-refractivity contribution in [3.05, 3.63) is 59.6 Å². The number of benzene rings is 1. The van der Waals surface area contributed by atoms with Gasteiger partial charge in [0, 0.05) is 24.0 Å². The van der Waals surface area contributed by atoms with E-state index < -0.39 is 5.91 Å². The van der Waals surface area contributed by atoms with Gasteiger partial charge in [-0.25, -0.2) is 0 Å². The fraction of sp³-hybridized carbons (Fsp3) is 0.158. The van der Waals surface area contributed by atoms with E-state index >= 15 is 0 Å². The number of H-pyrrole nitrogens is 1. The quantitative estimate of drug-likeness (QED) is 0.517. The van der Waals surface area contributed by atoms with Crippen LogP contribution in [0.1, 0.15) is 26.7 Å².